The fourth-order valence-electron chi connectivity index (χ4n) is 1.08. The third-order valence-corrected chi connectivity index (χ3v) is 3.44. The van der Waals surface area contributed by atoms with Crippen molar-refractivity contribution in [3.8, 4) is 0 Å². The minimum absolute atomic E-state index is 0.0411. The van der Waals surface area contributed by atoms with E-state index < -0.39 is 5.97 Å². The number of aromatic nitrogens is 1. The van der Waals surface area contributed by atoms with Crippen LogP contribution in [0.4, 0.5) is 0 Å². The Morgan fingerprint density at radius 3 is 2.81 bits per heavy atom. The molecule has 0 aliphatic rings. The van der Waals surface area contributed by atoms with E-state index in [0.717, 1.165) is 17.8 Å². The Hall–Kier alpha value is -0.980. The molecule has 1 aromatic rings. The average Bonchev–Trinajstić information content (AvgIpc) is 2.75. The standard InChI is InChI=1S/C10H16N2O3S/c1-3-10(2,6-13)11-4-7-5-16-8(12-7)9(14)15/h5,11,13H,3-4,6H2,1-2H3,(H,14,15). The van der Waals surface area contributed by atoms with Gasteiger partial charge in [-0.15, -0.1) is 11.3 Å². The Bertz CT molecular complexity index is 361. The topological polar surface area (TPSA) is 82.5 Å². The van der Waals surface area contributed by atoms with Gasteiger partial charge in [0.2, 0.25) is 5.01 Å². The molecule has 0 aromatic carbocycles. The van der Waals surface area contributed by atoms with Crippen molar-refractivity contribution in [2.45, 2.75) is 32.4 Å². The van der Waals surface area contributed by atoms with Gasteiger partial charge in [-0.05, 0) is 13.3 Å². The maximum atomic E-state index is 10.6. The Morgan fingerprint density at radius 1 is 1.69 bits per heavy atom. The number of carboxylic acid groups (broad SMARTS) is 1. The molecule has 1 atom stereocenters. The van der Waals surface area contributed by atoms with E-state index in [1.54, 1.807) is 5.38 Å². The van der Waals surface area contributed by atoms with Crippen molar-refractivity contribution in [1.82, 2.24) is 10.3 Å². The molecule has 0 saturated carbocycles. The molecule has 0 saturated heterocycles. The Kier molecular flexibility index (Phi) is 4.40. The zero-order valence-corrected chi connectivity index (χ0v) is 10.2. The fourth-order valence-corrected chi connectivity index (χ4v) is 1.74. The second kappa shape index (κ2) is 5.38. The molecule has 6 heteroatoms. The molecule has 0 spiro atoms. The van der Waals surface area contributed by atoms with Crippen molar-refractivity contribution >= 4 is 17.3 Å². The van der Waals surface area contributed by atoms with Crippen molar-refractivity contribution < 1.29 is 15.0 Å². The SMILES string of the molecule is CCC(C)(CO)NCc1csc(C(=O)O)n1. The van der Waals surface area contributed by atoms with Gasteiger partial charge in [-0.1, -0.05) is 6.92 Å². The van der Waals surface area contributed by atoms with Gasteiger partial charge in [-0.2, -0.15) is 0 Å². The van der Waals surface area contributed by atoms with Crippen LogP contribution in [0.15, 0.2) is 5.38 Å². The van der Waals surface area contributed by atoms with Gasteiger partial charge in [-0.25, -0.2) is 9.78 Å². The van der Waals surface area contributed by atoms with Crippen LogP contribution < -0.4 is 5.32 Å². The summed E-state index contributed by atoms with van der Waals surface area (Å²) in [5, 5.41) is 22.9. The molecule has 3 N–H and O–H groups in total. The quantitative estimate of drug-likeness (QED) is 0.698. The number of hydrogen-bond acceptors (Lipinski definition) is 5. The molecule has 1 unspecified atom stereocenters. The van der Waals surface area contributed by atoms with Gasteiger partial charge in [0, 0.05) is 17.5 Å². The van der Waals surface area contributed by atoms with Crippen molar-refractivity contribution in [2.24, 2.45) is 0 Å². The molecule has 5 nitrogen and oxygen atoms in total. The summed E-state index contributed by atoms with van der Waals surface area (Å²) in [6, 6.07) is 0. The van der Waals surface area contributed by atoms with E-state index in [9.17, 15) is 9.90 Å². The summed E-state index contributed by atoms with van der Waals surface area (Å²) in [5.74, 6) is -1.00. The summed E-state index contributed by atoms with van der Waals surface area (Å²) in [6.07, 6.45) is 0.791. The second-order valence-electron chi connectivity index (χ2n) is 3.88. The highest BCUT2D eigenvalue weighted by molar-refractivity contribution is 7.11. The van der Waals surface area contributed by atoms with E-state index in [4.69, 9.17) is 5.11 Å². The third-order valence-electron chi connectivity index (χ3n) is 2.56. The van der Waals surface area contributed by atoms with E-state index in [1.165, 1.54) is 0 Å². The number of aliphatic hydroxyl groups excluding tert-OH is 1. The summed E-state index contributed by atoms with van der Waals surface area (Å²) in [4.78, 5) is 14.6. The highest BCUT2D eigenvalue weighted by Crippen LogP contribution is 2.12. The molecular weight excluding hydrogens is 228 g/mol. The molecule has 1 aromatic heterocycles. The lowest BCUT2D eigenvalue weighted by Gasteiger charge is -2.26. The first-order chi connectivity index (χ1) is 7.50. The van der Waals surface area contributed by atoms with Crippen molar-refractivity contribution in [3.05, 3.63) is 16.1 Å². The summed E-state index contributed by atoms with van der Waals surface area (Å²) >= 11 is 1.11. The van der Waals surface area contributed by atoms with E-state index in [1.807, 2.05) is 13.8 Å². The molecule has 0 radical (unpaired) electrons. The number of carbonyl (C=O) groups is 1. The van der Waals surface area contributed by atoms with Crippen LogP contribution in [0.3, 0.4) is 0 Å². The monoisotopic (exact) mass is 244 g/mol. The number of aliphatic hydroxyl groups is 1. The van der Waals surface area contributed by atoms with Gasteiger partial charge in [0.25, 0.3) is 0 Å². The van der Waals surface area contributed by atoms with E-state index in [2.05, 4.69) is 10.3 Å². The summed E-state index contributed by atoms with van der Waals surface area (Å²) in [7, 11) is 0. The van der Waals surface area contributed by atoms with E-state index >= 15 is 0 Å². The molecule has 90 valence electrons. The van der Waals surface area contributed by atoms with Gasteiger partial charge < -0.3 is 15.5 Å². The third kappa shape index (κ3) is 3.26. The van der Waals surface area contributed by atoms with Crippen LogP contribution >= 0.6 is 11.3 Å². The highest BCUT2D eigenvalue weighted by atomic mass is 32.1. The molecular formula is C10H16N2O3S. The molecule has 1 rings (SSSR count). The normalized spacial score (nSPS) is 14.7. The number of thiazole rings is 1. The first-order valence-corrected chi connectivity index (χ1v) is 5.92. The highest BCUT2D eigenvalue weighted by Gasteiger charge is 2.20. The fraction of sp³-hybridized carbons (Fsp3) is 0.600. The second-order valence-corrected chi connectivity index (χ2v) is 4.73. The Labute approximate surface area is 98.1 Å². The molecule has 0 amide bonds. The van der Waals surface area contributed by atoms with E-state index in [0.29, 0.717) is 12.2 Å². The first-order valence-electron chi connectivity index (χ1n) is 5.04. The lowest BCUT2D eigenvalue weighted by Crippen LogP contribution is -2.44. The predicted octanol–water partition coefficient (Wildman–Crippen LogP) is 1.09. The number of rotatable bonds is 6. The zero-order valence-electron chi connectivity index (χ0n) is 9.36. The van der Waals surface area contributed by atoms with Crippen LogP contribution in [0, 0.1) is 0 Å². The van der Waals surface area contributed by atoms with Crippen LogP contribution in [-0.2, 0) is 6.54 Å². The summed E-state index contributed by atoms with van der Waals surface area (Å²) in [6.45, 7) is 4.40. The predicted molar refractivity (Wildman–Crippen MR) is 61.7 cm³/mol. The lowest BCUT2D eigenvalue weighted by molar-refractivity contribution is 0.0696. The van der Waals surface area contributed by atoms with Gasteiger partial charge in [0.05, 0.1) is 12.3 Å². The minimum atomic E-state index is -1.00. The molecule has 1 heterocycles. The van der Waals surface area contributed by atoms with Crippen LogP contribution in [-0.4, -0.2) is 33.3 Å². The molecule has 0 bridgehead atoms. The molecule has 0 aliphatic heterocycles. The minimum Gasteiger partial charge on any atom is -0.476 e. The van der Waals surface area contributed by atoms with Gasteiger partial charge in [0.1, 0.15) is 0 Å². The smallest absolute Gasteiger partial charge is 0.365 e. The zero-order chi connectivity index (χ0) is 12.2. The van der Waals surface area contributed by atoms with Crippen LogP contribution in [0.25, 0.3) is 0 Å². The molecule has 0 fully saturated rings. The van der Waals surface area contributed by atoms with Gasteiger partial charge in [-0.3, -0.25) is 0 Å². The number of nitrogens with zero attached hydrogens (tertiary/aromatic N) is 1. The lowest BCUT2D eigenvalue weighted by atomic mass is 10.0. The number of hydrogen-bond donors (Lipinski definition) is 3. The number of aromatic carboxylic acids is 1. The van der Waals surface area contributed by atoms with Crippen LogP contribution in [0.1, 0.15) is 35.8 Å². The molecule has 0 aliphatic carbocycles. The largest absolute Gasteiger partial charge is 0.476 e. The Morgan fingerprint density at radius 2 is 2.38 bits per heavy atom. The summed E-state index contributed by atoms with van der Waals surface area (Å²) < 4.78 is 0. The van der Waals surface area contributed by atoms with Crippen LogP contribution in [0.2, 0.25) is 0 Å². The number of nitrogens with one attached hydrogen (secondary N) is 1. The van der Waals surface area contributed by atoms with E-state index in [-0.39, 0.29) is 17.2 Å². The van der Waals surface area contributed by atoms with Crippen molar-refractivity contribution in [1.29, 1.82) is 0 Å². The van der Waals surface area contributed by atoms with Crippen molar-refractivity contribution in [3.63, 3.8) is 0 Å². The summed E-state index contributed by atoms with van der Waals surface area (Å²) in [5.41, 5.74) is 0.350. The van der Waals surface area contributed by atoms with Crippen LogP contribution in [0.5, 0.6) is 0 Å². The van der Waals surface area contributed by atoms with Gasteiger partial charge >= 0.3 is 5.97 Å². The molecule has 16 heavy (non-hydrogen) atoms. The first kappa shape index (κ1) is 13.1. The average molecular weight is 244 g/mol. The van der Waals surface area contributed by atoms with Gasteiger partial charge in [0.15, 0.2) is 0 Å². The number of carboxylic acids is 1. The Balaban J connectivity index is 2.57. The van der Waals surface area contributed by atoms with Crippen molar-refractivity contribution in [2.75, 3.05) is 6.61 Å². The maximum absolute atomic E-state index is 10.6. The maximum Gasteiger partial charge on any atom is 0.365 e.